The molecule has 0 aromatic rings. The molecule has 1 heterocycles. The lowest BCUT2D eigenvalue weighted by Gasteiger charge is -2.42. The van der Waals surface area contributed by atoms with Gasteiger partial charge in [0.2, 0.25) is 5.91 Å². The highest BCUT2D eigenvalue weighted by atomic mass is 16.3. The molecule has 132 valence electrons. The molecule has 2 aliphatic carbocycles. The minimum atomic E-state index is -0.154. The summed E-state index contributed by atoms with van der Waals surface area (Å²) >= 11 is 0. The minimum Gasteiger partial charge on any atom is -0.393 e. The van der Waals surface area contributed by atoms with Crippen LogP contribution in [0.1, 0.15) is 77.0 Å². The van der Waals surface area contributed by atoms with Gasteiger partial charge in [-0.3, -0.25) is 9.69 Å². The fraction of sp³-hybridized carbons (Fsp3) is 0.947. The molecular weight excluding hydrogens is 288 g/mol. The summed E-state index contributed by atoms with van der Waals surface area (Å²) < 4.78 is 0. The van der Waals surface area contributed by atoms with Crippen LogP contribution in [0.3, 0.4) is 0 Å². The number of nitrogens with one attached hydrogen (secondary N) is 1. The minimum absolute atomic E-state index is 0.0821. The number of nitrogens with zero attached hydrogens (tertiary/aromatic N) is 1. The molecule has 23 heavy (non-hydrogen) atoms. The largest absolute Gasteiger partial charge is 0.393 e. The van der Waals surface area contributed by atoms with Crippen LogP contribution in [0.2, 0.25) is 0 Å². The molecule has 0 aromatic carbocycles. The standard InChI is InChI=1S/C19H34N2O2/c22-17-10-6-11-19(17)12-7-13-21(15-19)14-18(23)20-16-8-4-2-1-3-5-9-16/h16-17,22H,1-15H2,(H,20,23)/t17-,19+/m1/s1. The molecule has 0 aromatic heterocycles. The zero-order chi connectivity index (χ0) is 16.1. The van der Waals surface area contributed by atoms with Gasteiger partial charge in [-0.15, -0.1) is 0 Å². The molecule has 1 aliphatic heterocycles. The van der Waals surface area contributed by atoms with Crippen molar-refractivity contribution in [2.24, 2.45) is 5.41 Å². The Kier molecular flexibility index (Phi) is 5.97. The van der Waals surface area contributed by atoms with Crippen molar-refractivity contribution in [2.45, 2.75) is 89.2 Å². The van der Waals surface area contributed by atoms with Crippen molar-refractivity contribution in [3.63, 3.8) is 0 Å². The summed E-state index contributed by atoms with van der Waals surface area (Å²) in [5, 5.41) is 13.6. The molecule has 1 spiro atoms. The van der Waals surface area contributed by atoms with Crippen LogP contribution in [-0.4, -0.2) is 47.7 Å². The Balaban J connectivity index is 1.47. The van der Waals surface area contributed by atoms with Crippen LogP contribution >= 0.6 is 0 Å². The highest BCUT2D eigenvalue weighted by molar-refractivity contribution is 5.78. The van der Waals surface area contributed by atoms with E-state index in [0.29, 0.717) is 12.6 Å². The van der Waals surface area contributed by atoms with Crippen LogP contribution in [0.15, 0.2) is 0 Å². The zero-order valence-corrected chi connectivity index (χ0v) is 14.6. The Morgan fingerprint density at radius 1 is 1.00 bits per heavy atom. The van der Waals surface area contributed by atoms with Gasteiger partial charge in [0.05, 0.1) is 12.6 Å². The van der Waals surface area contributed by atoms with Crippen molar-refractivity contribution in [1.29, 1.82) is 0 Å². The molecule has 2 atom stereocenters. The van der Waals surface area contributed by atoms with Gasteiger partial charge < -0.3 is 10.4 Å². The van der Waals surface area contributed by atoms with E-state index in [1.165, 1.54) is 32.1 Å². The van der Waals surface area contributed by atoms with E-state index in [9.17, 15) is 9.90 Å². The van der Waals surface area contributed by atoms with Crippen LogP contribution in [0.5, 0.6) is 0 Å². The number of hydrogen-bond acceptors (Lipinski definition) is 3. The molecule has 4 heteroatoms. The van der Waals surface area contributed by atoms with Gasteiger partial charge in [-0.2, -0.15) is 0 Å². The lowest BCUT2D eigenvalue weighted by molar-refractivity contribution is -0.124. The summed E-state index contributed by atoms with van der Waals surface area (Å²) in [5.41, 5.74) is 0.0821. The summed E-state index contributed by atoms with van der Waals surface area (Å²) in [6.45, 7) is 2.43. The Morgan fingerprint density at radius 3 is 2.39 bits per heavy atom. The van der Waals surface area contributed by atoms with Crippen molar-refractivity contribution in [2.75, 3.05) is 19.6 Å². The molecule has 0 bridgehead atoms. The molecule has 1 amide bonds. The van der Waals surface area contributed by atoms with Crippen molar-refractivity contribution in [3.8, 4) is 0 Å². The predicted molar refractivity (Wildman–Crippen MR) is 92.2 cm³/mol. The van der Waals surface area contributed by atoms with E-state index in [-0.39, 0.29) is 17.4 Å². The number of aliphatic hydroxyl groups excluding tert-OH is 1. The summed E-state index contributed by atoms with van der Waals surface area (Å²) in [4.78, 5) is 14.7. The number of aliphatic hydroxyl groups is 1. The number of rotatable bonds is 3. The third kappa shape index (κ3) is 4.48. The number of hydrogen-bond donors (Lipinski definition) is 2. The Morgan fingerprint density at radius 2 is 1.70 bits per heavy atom. The fourth-order valence-electron chi connectivity index (χ4n) is 5.07. The van der Waals surface area contributed by atoms with Crippen LogP contribution in [0, 0.1) is 5.41 Å². The van der Waals surface area contributed by atoms with E-state index in [4.69, 9.17) is 0 Å². The first-order valence-corrected chi connectivity index (χ1v) is 9.88. The maximum atomic E-state index is 12.4. The third-order valence-electron chi connectivity index (χ3n) is 6.38. The quantitative estimate of drug-likeness (QED) is 0.840. The molecule has 2 N–H and O–H groups in total. The Hall–Kier alpha value is -0.610. The zero-order valence-electron chi connectivity index (χ0n) is 14.6. The number of likely N-dealkylation sites (tertiary alicyclic amines) is 1. The Labute approximate surface area is 141 Å². The van der Waals surface area contributed by atoms with Crippen molar-refractivity contribution in [3.05, 3.63) is 0 Å². The first kappa shape index (κ1) is 17.2. The first-order chi connectivity index (χ1) is 11.2. The monoisotopic (exact) mass is 322 g/mol. The topological polar surface area (TPSA) is 52.6 Å². The second-order valence-electron chi connectivity index (χ2n) is 8.19. The summed E-state index contributed by atoms with van der Waals surface area (Å²) in [5.74, 6) is 0.195. The van der Waals surface area contributed by atoms with Gasteiger partial charge in [0.15, 0.2) is 0 Å². The molecule has 0 radical (unpaired) electrons. The normalized spacial score (nSPS) is 34.2. The van der Waals surface area contributed by atoms with Gasteiger partial charge in [-0.25, -0.2) is 0 Å². The summed E-state index contributed by atoms with van der Waals surface area (Å²) in [7, 11) is 0. The second kappa shape index (κ2) is 7.98. The first-order valence-electron chi connectivity index (χ1n) is 9.88. The van der Waals surface area contributed by atoms with Crippen LogP contribution in [0.25, 0.3) is 0 Å². The van der Waals surface area contributed by atoms with E-state index < -0.39 is 0 Å². The molecular formula is C19H34N2O2. The molecule has 0 unspecified atom stereocenters. The van der Waals surface area contributed by atoms with E-state index >= 15 is 0 Å². The number of carbonyl (C=O) groups excluding carboxylic acids is 1. The maximum absolute atomic E-state index is 12.4. The van der Waals surface area contributed by atoms with Gasteiger partial charge in [-0.1, -0.05) is 38.5 Å². The molecule has 4 nitrogen and oxygen atoms in total. The molecule has 3 fully saturated rings. The summed E-state index contributed by atoms with van der Waals surface area (Å²) in [6, 6.07) is 0.388. The summed E-state index contributed by atoms with van der Waals surface area (Å²) in [6.07, 6.45) is 14.1. The van der Waals surface area contributed by atoms with Crippen LogP contribution in [-0.2, 0) is 4.79 Å². The smallest absolute Gasteiger partial charge is 0.234 e. The number of amides is 1. The lowest BCUT2D eigenvalue weighted by atomic mass is 9.77. The number of piperidine rings is 1. The van der Waals surface area contributed by atoms with Crippen molar-refractivity contribution >= 4 is 5.91 Å². The molecule has 3 rings (SSSR count). The average molecular weight is 322 g/mol. The van der Waals surface area contributed by atoms with Crippen LogP contribution in [0.4, 0.5) is 0 Å². The highest BCUT2D eigenvalue weighted by Gasteiger charge is 2.44. The van der Waals surface area contributed by atoms with Gasteiger partial charge in [0.1, 0.15) is 0 Å². The maximum Gasteiger partial charge on any atom is 0.234 e. The van der Waals surface area contributed by atoms with Gasteiger partial charge >= 0.3 is 0 Å². The SMILES string of the molecule is O=C(CN1CCC[C@@]2(CCC[C@H]2O)C1)NC1CCCCCCC1. The van der Waals surface area contributed by atoms with Crippen LogP contribution < -0.4 is 5.32 Å². The second-order valence-corrected chi connectivity index (χ2v) is 8.19. The lowest BCUT2D eigenvalue weighted by Crippen LogP contribution is -2.51. The molecule has 2 saturated carbocycles. The Bertz CT molecular complexity index is 393. The predicted octanol–water partition coefficient (Wildman–Crippen LogP) is 2.84. The van der Waals surface area contributed by atoms with E-state index in [2.05, 4.69) is 10.2 Å². The number of carbonyl (C=O) groups is 1. The average Bonchev–Trinajstić information content (AvgIpc) is 2.82. The van der Waals surface area contributed by atoms with Gasteiger partial charge in [0.25, 0.3) is 0 Å². The van der Waals surface area contributed by atoms with Gasteiger partial charge in [-0.05, 0) is 45.1 Å². The molecule has 3 aliphatic rings. The highest BCUT2D eigenvalue weighted by Crippen LogP contribution is 2.44. The van der Waals surface area contributed by atoms with E-state index in [1.54, 1.807) is 0 Å². The van der Waals surface area contributed by atoms with E-state index in [1.807, 2.05) is 0 Å². The van der Waals surface area contributed by atoms with Gasteiger partial charge in [0, 0.05) is 18.0 Å². The third-order valence-corrected chi connectivity index (χ3v) is 6.38. The molecule has 1 saturated heterocycles. The van der Waals surface area contributed by atoms with Crippen molar-refractivity contribution in [1.82, 2.24) is 10.2 Å². The fourth-order valence-corrected chi connectivity index (χ4v) is 5.07. The van der Waals surface area contributed by atoms with Crippen molar-refractivity contribution < 1.29 is 9.90 Å². The van der Waals surface area contributed by atoms with E-state index in [0.717, 1.165) is 58.0 Å².